The minimum atomic E-state index is -0.869. The zero-order chi connectivity index (χ0) is 25.2. The number of aromatic nitrogens is 3. The first-order valence-corrected chi connectivity index (χ1v) is 13.5. The number of anilines is 2. The van der Waals surface area contributed by atoms with Gasteiger partial charge in [0.15, 0.2) is 0 Å². The lowest BCUT2D eigenvalue weighted by Gasteiger charge is -2.30. The van der Waals surface area contributed by atoms with Gasteiger partial charge in [-0.05, 0) is 25.1 Å². The van der Waals surface area contributed by atoms with Crippen molar-refractivity contribution < 1.29 is 9.13 Å². The van der Waals surface area contributed by atoms with Crippen LogP contribution in [0.15, 0.2) is 48.7 Å². The van der Waals surface area contributed by atoms with E-state index in [1.165, 1.54) is 17.0 Å². The van der Waals surface area contributed by atoms with Gasteiger partial charge in [0.1, 0.15) is 16.8 Å². The molecule has 2 aromatic carbocycles. The van der Waals surface area contributed by atoms with Crippen LogP contribution in [0, 0.1) is 6.92 Å². The number of nitrogens with zero attached hydrogens (tertiary/aromatic N) is 4. The van der Waals surface area contributed by atoms with Gasteiger partial charge in [-0.25, -0.2) is 19.3 Å². The van der Waals surface area contributed by atoms with Crippen molar-refractivity contribution >= 4 is 33.7 Å². The fraction of sp³-hybridized carbons (Fsp3) is 0.370. The van der Waals surface area contributed by atoms with E-state index >= 15 is 0 Å². The Bertz CT molecular complexity index is 1390. The summed E-state index contributed by atoms with van der Waals surface area (Å²) in [6, 6.07) is 14.3. The second-order valence-electron chi connectivity index (χ2n) is 9.43. The summed E-state index contributed by atoms with van der Waals surface area (Å²) in [6.45, 7) is 6.95. The number of aryl methyl sites for hydroxylation is 1. The van der Waals surface area contributed by atoms with Gasteiger partial charge in [-0.1, -0.05) is 24.3 Å². The van der Waals surface area contributed by atoms with Gasteiger partial charge in [-0.3, -0.25) is 0 Å². The van der Waals surface area contributed by atoms with E-state index in [0.717, 1.165) is 58.3 Å². The third-order valence-corrected chi connectivity index (χ3v) is 7.72. The molecule has 4 heterocycles. The van der Waals surface area contributed by atoms with Gasteiger partial charge in [0.25, 0.3) is 0 Å². The molecule has 6 rings (SSSR count). The number of alkyl halides is 1. The van der Waals surface area contributed by atoms with Gasteiger partial charge >= 0.3 is 0 Å². The maximum atomic E-state index is 13.8. The molecule has 2 aliphatic heterocycles. The molecule has 4 aromatic rings. The summed E-state index contributed by atoms with van der Waals surface area (Å²) in [5, 5.41) is 12.9. The quantitative estimate of drug-likeness (QED) is 0.346. The van der Waals surface area contributed by atoms with E-state index in [2.05, 4.69) is 50.1 Å². The Balaban J connectivity index is 1.30. The number of nitrogens with one attached hydrogen (secondary N) is 3. The van der Waals surface area contributed by atoms with Gasteiger partial charge < -0.3 is 25.6 Å². The summed E-state index contributed by atoms with van der Waals surface area (Å²) in [7, 11) is 0. The summed E-state index contributed by atoms with van der Waals surface area (Å²) in [5.74, 6) is 1.76. The Kier molecular flexibility index (Phi) is 6.86. The lowest BCUT2D eigenvalue weighted by molar-refractivity contribution is 0.254. The van der Waals surface area contributed by atoms with Gasteiger partial charge in [-0.2, -0.15) is 0 Å². The molecule has 8 nitrogen and oxygen atoms in total. The fourth-order valence-electron chi connectivity index (χ4n) is 5.01. The molecule has 3 N–H and O–H groups in total. The van der Waals surface area contributed by atoms with Crippen molar-refractivity contribution in [3.8, 4) is 22.2 Å². The van der Waals surface area contributed by atoms with E-state index in [-0.39, 0.29) is 6.04 Å². The molecule has 37 heavy (non-hydrogen) atoms. The summed E-state index contributed by atoms with van der Waals surface area (Å²) in [4.78, 5) is 17.0. The number of rotatable bonds is 6. The van der Waals surface area contributed by atoms with Gasteiger partial charge in [0, 0.05) is 74.4 Å². The molecule has 0 spiro atoms. The second kappa shape index (κ2) is 10.6. The minimum absolute atomic E-state index is 0.0570. The van der Waals surface area contributed by atoms with Crippen LogP contribution in [0.25, 0.3) is 21.3 Å². The molecule has 0 saturated carbocycles. The maximum Gasteiger partial charge on any atom is 0.240 e. The Morgan fingerprint density at radius 3 is 2.70 bits per heavy atom. The predicted molar refractivity (Wildman–Crippen MR) is 147 cm³/mol. The molecular weight excluding hydrogens is 489 g/mol. The van der Waals surface area contributed by atoms with Crippen molar-refractivity contribution in [3.05, 3.63) is 53.7 Å². The van der Waals surface area contributed by atoms with Gasteiger partial charge in [0.2, 0.25) is 11.8 Å². The largest absolute Gasteiger partial charge is 0.437 e. The molecule has 0 unspecified atom stereocenters. The number of benzene rings is 2. The number of piperidine rings is 1. The number of hydrogen-bond acceptors (Lipinski definition) is 9. The Hall–Kier alpha value is -3.34. The van der Waals surface area contributed by atoms with Crippen LogP contribution >= 0.6 is 11.3 Å². The van der Waals surface area contributed by atoms with E-state index in [1.807, 2.05) is 25.1 Å². The molecule has 2 aliphatic rings. The highest BCUT2D eigenvalue weighted by Crippen LogP contribution is 2.41. The summed E-state index contributed by atoms with van der Waals surface area (Å²) >= 11 is 1.53. The second-order valence-corrected chi connectivity index (χ2v) is 10.6. The normalized spacial score (nSPS) is 20.2. The average molecular weight is 520 g/mol. The van der Waals surface area contributed by atoms with Crippen LogP contribution in [0.1, 0.15) is 11.4 Å². The third kappa shape index (κ3) is 5.22. The Morgan fingerprint density at radius 1 is 1.03 bits per heavy atom. The third-order valence-electron chi connectivity index (χ3n) is 6.75. The van der Waals surface area contributed by atoms with Crippen LogP contribution in [0.4, 0.5) is 16.0 Å². The van der Waals surface area contributed by atoms with Crippen molar-refractivity contribution in [2.75, 3.05) is 49.5 Å². The van der Waals surface area contributed by atoms with E-state index in [4.69, 9.17) is 14.7 Å². The molecule has 0 aliphatic carbocycles. The summed E-state index contributed by atoms with van der Waals surface area (Å²) < 4.78 is 20.3. The Labute approximate surface area is 219 Å². The zero-order valence-corrected chi connectivity index (χ0v) is 21.5. The van der Waals surface area contributed by atoms with Crippen LogP contribution in [0.5, 0.6) is 11.6 Å². The van der Waals surface area contributed by atoms with Crippen LogP contribution in [-0.2, 0) is 0 Å². The van der Waals surface area contributed by atoms with E-state index in [1.54, 1.807) is 6.20 Å². The highest BCUT2D eigenvalue weighted by atomic mass is 32.1. The highest BCUT2D eigenvalue weighted by Gasteiger charge is 2.23. The number of thiazole rings is 1. The number of hydrogen-bond donors (Lipinski definition) is 3. The van der Waals surface area contributed by atoms with Crippen molar-refractivity contribution in [3.63, 3.8) is 0 Å². The first-order chi connectivity index (χ1) is 18.1. The SMILES string of the molecule is Cc1nc(Oc2ccc(N3CCNCC3)c3ccccc23)c(-c2ccnc(N[C@@H]3CNC[C@@H](F)C3)n2)s1. The molecule has 0 radical (unpaired) electrons. The maximum absolute atomic E-state index is 13.8. The predicted octanol–water partition coefficient (Wildman–Crippen LogP) is 4.38. The van der Waals surface area contributed by atoms with Gasteiger partial charge in [-0.15, -0.1) is 11.3 Å². The van der Waals surface area contributed by atoms with Crippen molar-refractivity contribution in [1.29, 1.82) is 0 Å². The number of ether oxygens (including phenoxy) is 1. The van der Waals surface area contributed by atoms with E-state index in [9.17, 15) is 4.39 Å². The molecule has 0 bridgehead atoms. The van der Waals surface area contributed by atoms with E-state index < -0.39 is 6.17 Å². The molecule has 2 fully saturated rings. The first-order valence-electron chi connectivity index (χ1n) is 12.7. The molecule has 192 valence electrons. The van der Waals surface area contributed by atoms with Crippen molar-refractivity contribution in [2.45, 2.75) is 25.6 Å². The van der Waals surface area contributed by atoms with Crippen molar-refractivity contribution in [2.24, 2.45) is 0 Å². The first kappa shape index (κ1) is 24.0. The van der Waals surface area contributed by atoms with Crippen LogP contribution in [-0.4, -0.2) is 66.4 Å². The summed E-state index contributed by atoms with van der Waals surface area (Å²) in [5.41, 5.74) is 1.94. The molecule has 2 aromatic heterocycles. The topological polar surface area (TPSA) is 87.2 Å². The lowest BCUT2D eigenvalue weighted by atomic mass is 10.1. The molecule has 10 heteroatoms. The van der Waals surface area contributed by atoms with Crippen LogP contribution in [0.2, 0.25) is 0 Å². The molecule has 0 amide bonds. The van der Waals surface area contributed by atoms with Crippen molar-refractivity contribution in [1.82, 2.24) is 25.6 Å². The smallest absolute Gasteiger partial charge is 0.240 e. The zero-order valence-electron chi connectivity index (χ0n) is 20.7. The average Bonchev–Trinajstić information content (AvgIpc) is 3.29. The standard InChI is InChI=1S/C27H30FN7OS/c1-17-32-26(25(37-17)22-8-9-31-27(34-22)33-19-14-18(28)15-30-16-19)36-24-7-6-23(35-12-10-29-11-13-35)20-4-2-3-5-21(20)24/h2-9,18-19,29-30H,10-16H2,1H3,(H,31,33,34)/t18-,19-/m0/s1. The number of halogens is 1. The lowest BCUT2D eigenvalue weighted by Crippen LogP contribution is -2.44. The minimum Gasteiger partial charge on any atom is -0.437 e. The number of fused-ring (bicyclic) bond motifs is 1. The molecule has 2 atom stereocenters. The van der Waals surface area contributed by atoms with Crippen LogP contribution in [0.3, 0.4) is 0 Å². The summed E-state index contributed by atoms with van der Waals surface area (Å²) in [6.07, 6.45) is 1.28. The fourth-order valence-corrected chi connectivity index (χ4v) is 5.82. The van der Waals surface area contributed by atoms with Gasteiger partial charge in [0.05, 0.1) is 10.7 Å². The van der Waals surface area contributed by atoms with E-state index in [0.29, 0.717) is 31.3 Å². The number of piperazine rings is 1. The Morgan fingerprint density at radius 2 is 1.86 bits per heavy atom. The highest BCUT2D eigenvalue weighted by molar-refractivity contribution is 7.15. The molecular formula is C27H30FN7OS. The van der Waals surface area contributed by atoms with Crippen LogP contribution < -0.4 is 25.6 Å². The molecule has 2 saturated heterocycles. The monoisotopic (exact) mass is 519 g/mol.